The maximum atomic E-state index is 12.3. The third-order valence-corrected chi connectivity index (χ3v) is 5.81. The Labute approximate surface area is 148 Å². The number of rotatable bonds is 5. The van der Waals surface area contributed by atoms with Crippen molar-refractivity contribution >= 4 is 28.2 Å². The van der Waals surface area contributed by atoms with Crippen molar-refractivity contribution < 1.29 is 14.3 Å². The summed E-state index contributed by atoms with van der Waals surface area (Å²) in [7, 11) is 1.36. The molecular weight excluding hydrogens is 324 g/mol. The van der Waals surface area contributed by atoms with Crippen LogP contribution in [0.3, 0.4) is 0 Å². The Hall–Kier alpha value is -1.40. The number of methoxy groups -OCH3 is 1. The predicted octanol–water partition coefficient (Wildman–Crippen LogP) is 3.79. The minimum atomic E-state index is -0.403. The number of thiophene rings is 1. The second-order valence-electron chi connectivity index (χ2n) is 6.45. The number of amides is 1. The van der Waals surface area contributed by atoms with E-state index in [1.807, 2.05) is 13.8 Å². The van der Waals surface area contributed by atoms with Gasteiger partial charge in [0.2, 0.25) is 5.91 Å². The minimum absolute atomic E-state index is 0.108. The normalized spacial score (nSPS) is 16.3. The van der Waals surface area contributed by atoms with E-state index >= 15 is 0 Å². The molecule has 1 aliphatic rings. The Kier molecular flexibility index (Phi) is 7.24. The van der Waals surface area contributed by atoms with Crippen molar-refractivity contribution in [3.05, 3.63) is 16.0 Å². The standard InChI is InChI=1S/C18H28N2O3S/c1-12-13(2)24-17(16(12)18(22)23-3)20-15(21)11-19-14-9-7-5-4-6-8-10-14/h14,19H,4-11H2,1-3H3,(H,20,21). The van der Waals surface area contributed by atoms with E-state index in [1.165, 1.54) is 50.6 Å². The molecule has 0 atom stereocenters. The Morgan fingerprint density at radius 3 is 2.38 bits per heavy atom. The lowest BCUT2D eigenvalue weighted by molar-refractivity contribution is -0.115. The first-order valence-electron chi connectivity index (χ1n) is 8.74. The van der Waals surface area contributed by atoms with Gasteiger partial charge in [0.1, 0.15) is 5.00 Å². The quantitative estimate of drug-likeness (QED) is 0.791. The summed E-state index contributed by atoms with van der Waals surface area (Å²) in [5, 5.41) is 6.83. The number of esters is 1. The summed E-state index contributed by atoms with van der Waals surface area (Å²) in [5.74, 6) is -0.511. The van der Waals surface area contributed by atoms with E-state index in [2.05, 4.69) is 10.6 Å². The van der Waals surface area contributed by atoms with Crippen LogP contribution >= 0.6 is 11.3 Å². The van der Waals surface area contributed by atoms with Crippen LogP contribution < -0.4 is 10.6 Å². The van der Waals surface area contributed by atoms with E-state index in [0.717, 1.165) is 23.3 Å². The zero-order chi connectivity index (χ0) is 17.5. The smallest absolute Gasteiger partial charge is 0.341 e. The largest absolute Gasteiger partial charge is 0.465 e. The molecule has 1 heterocycles. The van der Waals surface area contributed by atoms with Gasteiger partial charge < -0.3 is 15.4 Å². The van der Waals surface area contributed by atoms with Crippen molar-refractivity contribution in [1.82, 2.24) is 5.32 Å². The van der Waals surface area contributed by atoms with Crippen LogP contribution in [0.15, 0.2) is 0 Å². The molecule has 1 saturated carbocycles. The lowest BCUT2D eigenvalue weighted by atomic mass is 9.97. The molecular formula is C18H28N2O3S. The number of nitrogens with one attached hydrogen (secondary N) is 2. The Bertz CT molecular complexity index is 575. The summed E-state index contributed by atoms with van der Waals surface area (Å²) in [4.78, 5) is 25.2. The molecule has 134 valence electrons. The van der Waals surface area contributed by atoms with Gasteiger partial charge in [-0.1, -0.05) is 32.1 Å². The van der Waals surface area contributed by atoms with Crippen molar-refractivity contribution in [2.24, 2.45) is 0 Å². The molecule has 0 aromatic carbocycles. The third kappa shape index (κ3) is 5.05. The number of aryl methyl sites for hydroxylation is 1. The van der Waals surface area contributed by atoms with Gasteiger partial charge in [0.25, 0.3) is 0 Å². The second kappa shape index (κ2) is 9.18. The van der Waals surface area contributed by atoms with Crippen molar-refractivity contribution in [1.29, 1.82) is 0 Å². The monoisotopic (exact) mass is 352 g/mol. The summed E-state index contributed by atoms with van der Waals surface area (Å²) in [6.07, 6.45) is 8.65. The molecule has 5 nitrogen and oxygen atoms in total. The highest BCUT2D eigenvalue weighted by atomic mass is 32.1. The lowest BCUT2D eigenvalue weighted by Gasteiger charge is -2.20. The van der Waals surface area contributed by atoms with E-state index in [1.54, 1.807) is 0 Å². The lowest BCUT2D eigenvalue weighted by Crippen LogP contribution is -2.36. The molecule has 0 radical (unpaired) electrons. The van der Waals surface area contributed by atoms with E-state index in [-0.39, 0.29) is 12.5 Å². The maximum Gasteiger partial charge on any atom is 0.341 e. The first kappa shape index (κ1) is 18.9. The molecule has 0 unspecified atom stereocenters. The third-order valence-electron chi connectivity index (χ3n) is 4.68. The Balaban J connectivity index is 1.92. The molecule has 0 bridgehead atoms. The van der Waals surface area contributed by atoms with Crippen LogP contribution in [0.2, 0.25) is 0 Å². The van der Waals surface area contributed by atoms with Gasteiger partial charge in [0.05, 0.1) is 19.2 Å². The highest BCUT2D eigenvalue weighted by Gasteiger charge is 2.21. The number of hydrogen-bond acceptors (Lipinski definition) is 5. The molecule has 2 N–H and O–H groups in total. The van der Waals surface area contributed by atoms with Crippen LogP contribution in [0.4, 0.5) is 5.00 Å². The molecule has 0 saturated heterocycles. The SMILES string of the molecule is COC(=O)c1c(NC(=O)CNC2CCCCCCC2)sc(C)c1C. The molecule has 1 amide bonds. The highest BCUT2D eigenvalue weighted by Crippen LogP contribution is 2.32. The van der Waals surface area contributed by atoms with Gasteiger partial charge in [-0.2, -0.15) is 0 Å². The number of carbonyl (C=O) groups excluding carboxylic acids is 2. The van der Waals surface area contributed by atoms with Crippen LogP contribution in [-0.2, 0) is 9.53 Å². The molecule has 0 aliphatic heterocycles. The first-order valence-corrected chi connectivity index (χ1v) is 9.56. The number of hydrogen-bond donors (Lipinski definition) is 2. The zero-order valence-corrected chi connectivity index (χ0v) is 15.7. The van der Waals surface area contributed by atoms with Crippen LogP contribution in [0.5, 0.6) is 0 Å². The van der Waals surface area contributed by atoms with Crippen molar-refractivity contribution in [3.8, 4) is 0 Å². The molecule has 6 heteroatoms. The van der Waals surface area contributed by atoms with Gasteiger partial charge in [-0.05, 0) is 32.3 Å². The molecule has 2 rings (SSSR count). The number of ether oxygens (including phenoxy) is 1. The summed E-state index contributed by atoms with van der Waals surface area (Å²) in [6, 6.07) is 0.419. The van der Waals surface area contributed by atoms with Gasteiger partial charge in [0.15, 0.2) is 0 Å². The second-order valence-corrected chi connectivity index (χ2v) is 7.67. The predicted molar refractivity (Wildman–Crippen MR) is 97.9 cm³/mol. The van der Waals surface area contributed by atoms with Gasteiger partial charge in [-0.15, -0.1) is 11.3 Å². The maximum absolute atomic E-state index is 12.3. The fraction of sp³-hybridized carbons (Fsp3) is 0.667. The van der Waals surface area contributed by atoms with Gasteiger partial charge in [-0.3, -0.25) is 4.79 Å². The van der Waals surface area contributed by atoms with Crippen LogP contribution in [-0.4, -0.2) is 31.6 Å². The molecule has 1 aliphatic carbocycles. The van der Waals surface area contributed by atoms with Crippen molar-refractivity contribution in [2.45, 2.75) is 64.8 Å². The topological polar surface area (TPSA) is 67.4 Å². The summed E-state index contributed by atoms with van der Waals surface area (Å²) in [6.45, 7) is 4.09. The van der Waals surface area contributed by atoms with Gasteiger partial charge in [0, 0.05) is 10.9 Å². The van der Waals surface area contributed by atoms with Crippen LogP contribution in [0.25, 0.3) is 0 Å². The van der Waals surface area contributed by atoms with E-state index < -0.39 is 5.97 Å². The van der Waals surface area contributed by atoms with E-state index in [9.17, 15) is 9.59 Å². The molecule has 1 fully saturated rings. The minimum Gasteiger partial charge on any atom is -0.465 e. The van der Waals surface area contributed by atoms with Gasteiger partial charge >= 0.3 is 5.97 Å². The van der Waals surface area contributed by atoms with E-state index in [0.29, 0.717) is 16.6 Å². The number of carbonyl (C=O) groups is 2. The van der Waals surface area contributed by atoms with Crippen molar-refractivity contribution in [2.75, 3.05) is 19.0 Å². The fourth-order valence-electron chi connectivity index (χ4n) is 3.13. The average Bonchev–Trinajstić information content (AvgIpc) is 2.80. The summed E-state index contributed by atoms with van der Waals surface area (Å²) >= 11 is 1.42. The van der Waals surface area contributed by atoms with Crippen molar-refractivity contribution in [3.63, 3.8) is 0 Å². The fourth-order valence-corrected chi connectivity index (χ4v) is 4.20. The number of anilines is 1. The highest BCUT2D eigenvalue weighted by molar-refractivity contribution is 7.16. The Morgan fingerprint density at radius 1 is 1.12 bits per heavy atom. The first-order chi connectivity index (χ1) is 11.5. The van der Waals surface area contributed by atoms with Gasteiger partial charge in [-0.25, -0.2) is 4.79 Å². The molecule has 1 aromatic rings. The Morgan fingerprint density at radius 2 is 1.75 bits per heavy atom. The molecule has 1 aromatic heterocycles. The average molecular weight is 353 g/mol. The summed E-state index contributed by atoms with van der Waals surface area (Å²) in [5.41, 5.74) is 1.34. The molecule has 24 heavy (non-hydrogen) atoms. The summed E-state index contributed by atoms with van der Waals surface area (Å²) < 4.78 is 4.83. The van der Waals surface area contributed by atoms with Crippen LogP contribution in [0.1, 0.15) is 65.7 Å². The van der Waals surface area contributed by atoms with E-state index in [4.69, 9.17) is 4.74 Å². The van der Waals surface area contributed by atoms with Crippen LogP contribution in [0, 0.1) is 13.8 Å². The molecule has 0 spiro atoms. The zero-order valence-electron chi connectivity index (χ0n) is 14.9.